The minimum Gasteiger partial charge on any atom is -0.497 e. The predicted molar refractivity (Wildman–Crippen MR) is 217 cm³/mol. The van der Waals surface area contributed by atoms with Crippen molar-refractivity contribution >= 4 is 31.7 Å². The number of amides is 2. The summed E-state index contributed by atoms with van der Waals surface area (Å²) in [7, 11) is 0.257. The molecule has 11 nitrogen and oxygen atoms in total. The van der Waals surface area contributed by atoms with Crippen molar-refractivity contribution in [3.63, 3.8) is 0 Å². The zero-order chi connectivity index (χ0) is 40.2. The van der Waals surface area contributed by atoms with Gasteiger partial charge in [-0.2, -0.15) is 0 Å². The van der Waals surface area contributed by atoms with Crippen LogP contribution >= 0.6 is 0 Å². The lowest BCUT2D eigenvalue weighted by molar-refractivity contribution is -0.158. The monoisotopic (exact) mass is 769 g/mol. The molecule has 0 saturated heterocycles. The van der Waals surface area contributed by atoms with E-state index in [1.54, 1.807) is 26.3 Å². The molecule has 2 N–H and O–H groups in total. The van der Waals surface area contributed by atoms with Gasteiger partial charge in [0.15, 0.2) is 0 Å². The highest BCUT2D eigenvalue weighted by Gasteiger charge is 2.28. The van der Waals surface area contributed by atoms with Gasteiger partial charge in [-0.3, -0.25) is 14.4 Å². The Labute approximate surface area is 325 Å². The van der Waals surface area contributed by atoms with Crippen molar-refractivity contribution in [1.29, 1.82) is 0 Å². The van der Waals surface area contributed by atoms with Crippen LogP contribution in [0, 0.1) is 6.92 Å². The van der Waals surface area contributed by atoms with E-state index in [-0.39, 0.29) is 43.4 Å². The van der Waals surface area contributed by atoms with Crippen LogP contribution in [-0.4, -0.2) is 62.6 Å². The lowest BCUT2D eigenvalue weighted by Crippen LogP contribution is -2.46. The average molecular weight is 770 g/mol. The van der Waals surface area contributed by atoms with E-state index < -0.39 is 37.6 Å². The number of aryl methyl sites for hydroxylation is 1. The van der Waals surface area contributed by atoms with E-state index in [0.29, 0.717) is 29.0 Å². The van der Waals surface area contributed by atoms with Crippen molar-refractivity contribution in [3.05, 3.63) is 129 Å². The fourth-order valence-corrected chi connectivity index (χ4v) is 6.33. The SMILES string of the molecule is COc1ccc(Cn2ccc(C)c(NC(=O)[C@H](Cc3ccc([C@@H](COCC[Si](C)(C)C)C(=O)OC(C)(C)C)cc3)NC(=O)OCc3ccccc3)c2=O)cc1. The molecule has 1 aromatic heterocycles. The van der Waals surface area contributed by atoms with Gasteiger partial charge in [0.2, 0.25) is 5.91 Å². The fourth-order valence-electron chi connectivity index (χ4n) is 5.57. The second-order valence-electron chi connectivity index (χ2n) is 15.8. The van der Waals surface area contributed by atoms with Crippen LogP contribution < -0.4 is 20.9 Å². The Balaban J connectivity index is 1.56. The van der Waals surface area contributed by atoms with Crippen molar-refractivity contribution < 1.29 is 33.3 Å². The van der Waals surface area contributed by atoms with Crippen molar-refractivity contribution in [1.82, 2.24) is 9.88 Å². The first-order valence-corrected chi connectivity index (χ1v) is 22.2. The molecule has 2 amide bonds. The summed E-state index contributed by atoms with van der Waals surface area (Å²) < 4.78 is 24.0. The van der Waals surface area contributed by atoms with E-state index in [1.165, 1.54) is 4.57 Å². The number of esters is 1. The Morgan fingerprint density at radius 2 is 1.51 bits per heavy atom. The minimum absolute atomic E-state index is 0.00956. The molecular weight excluding hydrogens is 715 g/mol. The highest BCUT2D eigenvalue weighted by atomic mass is 28.3. The molecule has 0 spiro atoms. The molecule has 0 aliphatic rings. The first-order valence-electron chi connectivity index (χ1n) is 18.5. The summed E-state index contributed by atoms with van der Waals surface area (Å²) in [5.74, 6) is -0.927. The maximum atomic E-state index is 14.0. The second kappa shape index (κ2) is 19.4. The van der Waals surface area contributed by atoms with E-state index in [9.17, 15) is 19.2 Å². The quantitative estimate of drug-likeness (QED) is 0.0642. The number of ether oxygens (including phenoxy) is 4. The third-order valence-corrected chi connectivity index (χ3v) is 10.5. The molecule has 4 aromatic rings. The highest BCUT2D eigenvalue weighted by Crippen LogP contribution is 2.24. The number of benzene rings is 3. The molecule has 0 fully saturated rings. The van der Waals surface area contributed by atoms with Gasteiger partial charge < -0.3 is 34.1 Å². The number of aromatic nitrogens is 1. The first kappa shape index (κ1) is 42.5. The van der Waals surface area contributed by atoms with Gasteiger partial charge in [0.1, 0.15) is 35.6 Å². The smallest absolute Gasteiger partial charge is 0.408 e. The number of nitrogens with zero attached hydrogens (tertiary/aromatic N) is 1. The number of rotatable bonds is 17. The molecular formula is C43H55N3O8Si. The number of methoxy groups -OCH3 is 1. The van der Waals surface area contributed by atoms with Crippen molar-refractivity contribution in [2.45, 2.75) is 90.5 Å². The molecule has 3 aromatic carbocycles. The third kappa shape index (κ3) is 13.9. The highest BCUT2D eigenvalue weighted by molar-refractivity contribution is 6.76. The number of anilines is 1. The van der Waals surface area contributed by atoms with Crippen LogP contribution in [0.2, 0.25) is 25.7 Å². The van der Waals surface area contributed by atoms with Gasteiger partial charge in [-0.15, -0.1) is 0 Å². The number of carbonyl (C=O) groups excluding carboxylic acids is 3. The number of nitrogens with one attached hydrogen (secondary N) is 2. The Kier molecular flexibility index (Phi) is 15.0. The van der Waals surface area contributed by atoms with E-state index in [0.717, 1.165) is 17.2 Å². The molecule has 0 unspecified atom stereocenters. The molecule has 0 saturated carbocycles. The maximum Gasteiger partial charge on any atom is 0.408 e. The van der Waals surface area contributed by atoms with E-state index in [1.807, 2.05) is 99.6 Å². The molecule has 0 radical (unpaired) electrons. The Bertz CT molecular complexity index is 1930. The van der Waals surface area contributed by atoms with E-state index in [4.69, 9.17) is 18.9 Å². The van der Waals surface area contributed by atoms with Crippen LogP contribution in [-0.2, 0) is 43.4 Å². The Morgan fingerprint density at radius 1 is 0.855 bits per heavy atom. The average Bonchev–Trinajstić information content (AvgIpc) is 3.13. The van der Waals surface area contributed by atoms with Crippen molar-refractivity contribution in [2.75, 3.05) is 25.6 Å². The molecule has 0 aliphatic carbocycles. The van der Waals surface area contributed by atoms with Gasteiger partial charge >= 0.3 is 12.1 Å². The summed E-state index contributed by atoms with van der Waals surface area (Å²) in [5, 5.41) is 5.49. The standard InChI is InChI=1S/C43H55N3O8Si/c1-30-22-23-46(27-32-16-20-35(51-5)21-17-32)40(48)38(30)45-39(47)37(44-42(50)53-28-33-12-10-9-11-13-33)26-31-14-18-34(19-15-31)36(41(49)54-43(2,3)4)29-52-24-25-55(6,7)8/h9-23,36-37H,24-29H2,1-8H3,(H,44,50)(H,45,47)/t36-,37+/m1/s1. The van der Waals surface area contributed by atoms with Crippen LogP contribution in [0.4, 0.5) is 10.5 Å². The Hall–Kier alpha value is -5.20. The van der Waals surface area contributed by atoms with Crippen LogP contribution in [0.5, 0.6) is 5.75 Å². The fraction of sp³-hybridized carbons (Fsp3) is 0.395. The lowest BCUT2D eigenvalue weighted by Gasteiger charge is -2.25. The van der Waals surface area contributed by atoms with Gasteiger partial charge in [0.05, 0.1) is 20.3 Å². The molecule has 0 bridgehead atoms. The van der Waals surface area contributed by atoms with Crippen LogP contribution in [0.1, 0.15) is 54.5 Å². The summed E-state index contributed by atoms with van der Waals surface area (Å²) in [5.41, 5.74) is 2.69. The first-order chi connectivity index (χ1) is 26.0. The molecule has 0 aliphatic heterocycles. The number of hydrogen-bond donors (Lipinski definition) is 2. The van der Waals surface area contributed by atoms with Gasteiger partial charge in [0.25, 0.3) is 5.56 Å². The number of hydrogen-bond acceptors (Lipinski definition) is 8. The lowest BCUT2D eigenvalue weighted by atomic mass is 9.96. The normalized spacial score (nSPS) is 12.7. The number of carbonyl (C=O) groups is 3. The molecule has 55 heavy (non-hydrogen) atoms. The van der Waals surface area contributed by atoms with Gasteiger partial charge in [-0.05, 0) is 79.8 Å². The van der Waals surface area contributed by atoms with Gasteiger partial charge in [0, 0.05) is 27.3 Å². The Morgan fingerprint density at radius 3 is 2.13 bits per heavy atom. The molecule has 12 heteroatoms. The van der Waals surface area contributed by atoms with Crippen LogP contribution in [0.3, 0.4) is 0 Å². The molecule has 4 rings (SSSR count). The molecule has 1 heterocycles. The minimum atomic E-state index is -1.33. The van der Waals surface area contributed by atoms with Crippen LogP contribution in [0.15, 0.2) is 95.9 Å². The van der Waals surface area contributed by atoms with E-state index in [2.05, 4.69) is 30.3 Å². The predicted octanol–water partition coefficient (Wildman–Crippen LogP) is 7.47. The third-order valence-electron chi connectivity index (χ3n) is 8.75. The number of alkyl carbamates (subject to hydrolysis) is 1. The summed E-state index contributed by atoms with van der Waals surface area (Å²) in [6.45, 7) is 15.0. The number of pyridine rings is 1. The summed E-state index contributed by atoms with van der Waals surface area (Å²) in [4.78, 5) is 54.0. The maximum absolute atomic E-state index is 14.0. The second-order valence-corrected chi connectivity index (χ2v) is 21.4. The van der Waals surface area contributed by atoms with Crippen LogP contribution in [0.25, 0.3) is 0 Å². The summed E-state index contributed by atoms with van der Waals surface area (Å²) >= 11 is 0. The summed E-state index contributed by atoms with van der Waals surface area (Å²) in [6.07, 6.45) is 0.961. The van der Waals surface area contributed by atoms with E-state index >= 15 is 0 Å². The van der Waals surface area contributed by atoms with Gasteiger partial charge in [-0.25, -0.2) is 4.79 Å². The largest absolute Gasteiger partial charge is 0.497 e. The van der Waals surface area contributed by atoms with Crippen molar-refractivity contribution in [3.8, 4) is 5.75 Å². The topological polar surface area (TPSA) is 134 Å². The molecule has 294 valence electrons. The molecule has 2 atom stereocenters. The zero-order valence-corrected chi connectivity index (χ0v) is 34.3. The van der Waals surface area contributed by atoms with Gasteiger partial charge in [-0.1, -0.05) is 86.4 Å². The van der Waals surface area contributed by atoms with Crippen molar-refractivity contribution in [2.24, 2.45) is 0 Å². The zero-order valence-electron chi connectivity index (χ0n) is 33.3. The summed E-state index contributed by atoms with van der Waals surface area (Å²) in [6, 6.07) is 25.4.